The Morgan fingerprint density at radius 1 is 1.47 bits per heavy atom. The molecular formula is C11H23ClO3. The summed E-state index contributed by atoms with van der Waals surface area (Å²) in [4.78, 5) is 0. The quantitative estimate of drug-likeness (QED) is 0.697. The fraction of sp³-hybridized carbons (Fsp3) is 1.00. The van der Waals surface area contributed by atoms with Crippen LogP contribution in [0.5, 0.6) is 0 Å². The predicted molar refractivity (Wildman–Crippen MR) is 54.4 cm³/mol. The summed E-state index contributed by atoms with van der Waals surface area (Å²) >= 11 is 0.631. The number of aliphatic hydroxyl groups excluding tert-OH is 1. The van der Waals surface area contributed by atoms with Crippen LogP contribution >= 0.6 is 0 Å². The van der Waals surface area contributed by atoms with Crippen molar-refractivity contribution >= 4 is 0 Å². The third-order valence-electron chi connectivity index (χ3n) is 3.16. The van der Waals surface area contributed by atoms with E-state index in [0.717, 1.165) is 19.3 Å². The van der Waals surface area contributed by atoms with Crippen LogP contribution in [0.2, 0.25) is 0 Å². The zero-order valence-electron chi connectivity index (χ0n) is 10.1. The molecule has 0 fully saturated rings. The first-order valence-electron chi connectivity index (χ1n) is 5.52. The third-order valence-corrected chi connectivity index (χ3v) is 3.46. The second-order valence-corrected chi connectivity index (χ2v) is 5.10. The summed E-state index contributed by atoms with van der Waals surface area (Å²) in [5.74, 6) is 0.325. The molecular weight excluding hydrogens is 216 g/mol. The molecule has 0 radical (unpaired) electrons. The second-order valence-electron chi connectivity index (χ2n) is 4.80. The van der Waals surface area contributed by atoms with Gasteiger partial charge in [-0.2, -0.15) is 0 Å². The molecule has 0 aromatic rings. The molecule has 0 amide bonds. The molecule has 4 heteroatoms. The molecule has 2 unspecified atom stereocenters. The van der Waals surface area contributed by atoms with E-state index >= 15 is 0 Å². The Morgan fingerprint density at radius 2 is 2.07 bits per heavy atom. The minimum absolute atomic E-state index is 0.0340. The molecule has 1 N–H and O–H groups in total. The third kappa shape index (κ3) is 5.71. The smallest absolute Gasteiger partial charge is 0.331 e. The highest BCUT2D eigenvalue weighted by molar-refractivity contribution is 4.74. The first kappa shape index (κ1) is 15.2. The van der Waals surface area contributed by atoms with Gasteiger partial charge in [0.1, 0.15) is 6.10 Å². The zero-order valence-corrected chi connectivity index (χ0v) is 10.9. The van der Waals surface area contributed by atoms with E-state index in [1.165, 1.54) is 0 Å². The minimum Gasteiger partial charge on any atom is -0.506 e. The summed E-state index contributed by atoms with van der Waals surface area (Å²) in [6.45, 7) is 8.39. The minimum atomic E-state index is -0.0438. The van der Waals surface area contributed by atoms with Crippen LogP contribution in [0.1, 0.15) is 47.0 Å². The van der Waals surface area contributed by atoms with E-state index in [4.69, 9.17) is 4.29 Å². The van der Waals surface area contributed by atoms with E-state index < -0.39 is 0 Å². The highest BCUT2D eigenvalue weighted by Crippen LogP contribution is 2.29. The molecule has 15 heavy (non-hydrogen) atoms. The van der Waals surface area contributed by atoms with Crippen molar-refractivity contribution in [3.05, 3.63) is 0 Å². The van der Waals surface area contributed by atoms with Gasteiger partial charge in [-0.15, -0.1) is 0 Å². The molecule has 0 saturated carbocycles. The summed E-state index contributed by atoms with van der Waals surface area (Å²) in [6, 6.07) is 0. The molecule has 0 aliphatic heterocycles. The molecule has 0 saturated heterocycles. The number of aliphatic hydroxyl groups is 1. The molecule has 2 atom stereocenters. The van der Waals surface area contributed by atoms with E-state index in [-0.39, 0.29) is 18.1 Å². The van der Waals surface area contributed by atoms with Crippen molar-refractivity contribution in [3.63, 3.8) is 0 Å². The maximum atomic E-state index is 10.3. The predicted octanol–water partition coefficient (Wildman–Crippen LogP) is 1.49. The maximum absolute atomic E-state index is 10.3. The molecule has 92 valence electrons. The van der Waals surface area contributed by atoms with Crippen molar-refractivity contribution in [2.75, 3.05) is 6.61 Å². The number of hydrogen-bond donors (Lipinski definition) is 1. The largest absolute Gasteiger partial charge is 0.506 e. The van der Waals surface area contributed by atoms with Crippen LogP contribution in [0, 0.1) is 22.7 Å². The van der Waals surface area contributed by atoms with Crippen molar-refractivity contribution in [2.45, 2.75) is 53.1 Å². The fourth-order valence-electron chi connectivity index (χ4n) is 1.39. The summed E-state index contributed by atoms with van der Waals surface area (Å²) in [5.41, 5.74) is -0.0438. The van der Waals surface area contributed by atoms with E-state index in [9.17, 15) is 9.77 Å². The van der Waals surface area contributed by atoms with Crippen LogP contribution in [0.15, 0.2) is 0 Å². The lowest BCUT2D eigenvalue weighted by Gasteiger charge is -2.27. The first-order chi connectivity index (χ1) is 6.99. The molecule has 0 aromatic heterocycles. The Labute approximate surface area is 96.9 Å². The van der Waals surface area contributed by atoms with E-state index in [1.54, 1.807) is 0 Å². The van der Waals surface area contributed by atoms with E-state index in [0.29, 0.717) is 17.2 Å². The lowest BCUT2D eigenvalue weighted by molar-refractivity contribution is -1.27. The average molecular weight is 239 g/mol. The summed E-state index contributed by atoms with van der Waals surface area (Å²) in [5, 5.41) is 9.26. The second kappa shape index (κ2) is 7.44. The van der Waals surface area contributed by atoms with Gasteiger partial charge in [0.2, 0.25) is 0 Å². The van der Waals surface area contributed by atoms with E-state index in [2.05, 4.69) is 13.8 Å². The molecule has 0 heterocycles. The van der Waals surface area contributed by atoms with Gasteiger partial charge in [0.25, 0.3) is 0 Å². The van der Waals surface area contributed by atoms with Gasteiger partial charge < -0.3 is 9.77 Å². The van der Waals surface area contributed by atoms with Crippen molar-refractivity contribution in [1.82, 2.24) is 0 Å². The molecule has 0 aliphatic rings. The standard InChI is InChI=1S/C11H23ClO3/c1-5-11(4,8-13)7-6-10(9(2)3)15-12-14/h9-10,13H,5-8H2,1-4H3. The Hall–Kier alpha value is 0.170. The van der Waals surface area contributed by atoms with Crippen molar-refractivity contribution in [1.29, 1.82) is 0 Å². The van der Waals surface area contributed by atoms with Gasteiger partial charge in [0.15, 0.2) is 0 Å². The Balaban J connectivity index is 4.07. The number of rotatable bonds is 8. The van der Waals surface area contributed by atoms with Gasteiger partial charge in [-0.25, -0.2) is 0 Å². The fourth-order valence-corrected chi connectivity index (χ4v) is 1.77. The lowest BCUT2D eigenvalue weighted by Crippen LogP contribution is -2.27. The lowest BCUT2D eigenvalue weighted by atomic mass is 9.82. The Kier molecular flexibility index (Phi) is 7.53. The topological polar surface area (TPSA) is 52.5 Å². The summed E-state index contributed by atoms with van der Waals surface area (Å²) in [6.07, 6.45) is 2.61. The number of hydrogen-bond acceptors (Lipinski definition) is 3. The van der Waals surface area contributed by atoms with Crippen LogP contribution in [-0.4, -0.2) is 17.8 Å². The highest BCUT2D eigenvalue weighted by Gasteiger charge is 2.26. The molecule has 0 spiro atoms. The van der Waals surface area contributed by atoms with Crippen LogP contribution in [0.4, 0.5) is 0 Å². The Bertz CT molecular complexity index is 158. The zero-order chi connectivity index (χ0) is 11.9. The molecule has 0 rings (SSSR count). The monoisotopic (exact) mass is 238 g/mol. The van der Waals surface area contributed by atoms with Gasteiger partial charge in [0.05, 0.1) is 0 Å². The van der Waals surface area contributed by atoms with Crippen LogP contribution in [0.25, 0.3) is 0 Å². The van der Waals surface area contributed by atoms with Crippen LogP contribution < -0.4 is 4.66 Å². The normalized spacial score (nSPS) is 17.8. The van der Waals surface area contributed by atoms with E-state index in [1.807, 2.05) is 13.8 Å². The molecule has 3 nitrogen and oxygen atoms in total. The molecule has 0 aliphatic carbocycles. The van der Waals surface area contributed by atoms with Gasteiger partial charge in [-0.3, -0.25) is 0 Å². The molecule has 0 bridgehead atoms. The SMILES string of the molecule is CCC(C)(CO)CCC(O[Cl+][O-])C(C)C. The van der Waals surface area contributed by atoms with Gasteiger partial charge in [-0.1, -0.05) is 32.0 Å². The first-order valence-corrected chi connectivity index (χ1v) is 6.14. The summed E-state index contributed by atoms with van der Waals surface area (Å²) < 4.78 is 15.3. The van der Waals surface area contributed by atoms with Gasteiger partial charge in [-0.05, 0) is 30.6 Å². The number of halogens is 1. The van der Waals surface area contributed by atoms with Crippen molar-refractivity contribution in [3.8, 4) is 0 Å². The Morgan fingerprint density at radius 3 is 2.40 bits per heavy atom. The van der Waals surface area contributed by atoms with Gasteiger partial charge in [0, 0.05) is 6.61 Å². The van der Waals surface area contributed by atoms with Crippen molar-refractivity contribution < 1.29 is 25.4 Å². The van der Waals surface area contributed by atoms with Crippen LogP contribution in [0.3, 0.4) is 0 Å². The summed E-state index contributed by atoms with van der Waals surface area (Å²) in [7, 11) is 0. The highest BCUT2D eigenvalue weighted by atomic mass is 35.6. The van der Waals surface area contributed by atoms with Gasteiger partial charge >= 0.3 is 11.3 Å². The maximum Gasteiger partial charge on any atom is 0.331 e. The van der Waals surface area contributed by atoms with Crippen LogP contribution in [-0.2, 0) is 4.29 Å². The average Bonchev–Trinajstić information content (AvgIpc) is 2.23. The van der Waals surface area contributed by atoms with Crippen molar-refractivity contribution in [2.24, 2.45) is 11.3 Å². The molecule has 0 aromatic carbocycles.